The van der Waals surface area contributed by atoms with Gasteiger partial charge in [-0.05, 0) is 31.5 Å². The topological polar surface area (TPSA) is 58.6 Å². The van der Waals surface area contributed by atoms with Gasteiger partial charge in [-0.1, -0.05) is 15.9 Å². The summed E-state index contributed by atoms with van der Waals surface area (Å²) < 4.78 is 5.84. The van der Waals surface area contributed by atoms with Gasteiger partial charge in [0, 0.05) is 24.2 Å². The molecule has 1 rings (SSSR count). The molecule has 0 saturated carbocycles. The highest BCUT2D eigenvalue weighted by atomic mass is 79.9. The van der Waals surface area contributed by atoms with Crippen molar-refractivity contribution in [2.24, 2.45) is 0 Å². The first-order valence-electron chi connectivity index (χ1n) is 5.33. The van der Waals surface area contributed by atoms with Gasteiger partial charge >= 0.3 is 5.97 Å². The molecule has 5 heteroatoms. The molecule has 1 aromatic rings. The van der Waals surface area contributed by atoms with Crippen molar-refractivity contribution in [3.63, 3.8) is 0 Å². The molecular weight excluding hydrogens is 286 g/mol. The van der Waals surface area contributed by atoms with Crippen LogP contribution < -0.4 is 5.32 Å². The van der Waals surface area contributed by atoms with Crippen LogP contribution in [0.3, 0.4) is 0 Å². The zero-order chi connectivity index (χ0) is 12.8. The standard InChI is InChI=1S/C12H16BrNO3/c1-8(5-6-17-2)14-11-7-9(13)3-4-10(11)12(15)16/h3-4,7-8,14H,5-6H2,1-2H3,(H,15,16). The Balaban J connectivity index is 2.81. The number of ether oxygens (including phenoxy) is 1. The van der Waals surface area contributed by atoms with Gasteiger partial charge in [-0.25, -0.2) is 4.79 Å². The minimum Gasteiger partial charge on any atom is -0.478 e. The van der Waals surface area contributed by atoms with Crippen LogP contribution in [0.4, 0.5) is 5.69 Å². The van der Waals surface area contributed by atoms with Crippen molar-refractivity contribution in [3.8, 4) is 0 Å². The zero-order valence-corrected chi connectivity index (χ0v) is 11.5. The maximum absolute atomic E-state index is 11.0. The lowest BCUT2D eigenvalue weighted by Gasteiger charge is -2.16. The minimum absolute atomic E-state index is 0.155. The largest absolute Gasteiger partial charge is 0.478 e. The van der Waals surface area contributed by atoms with Crippen LogP contribution in [0, 0.1) is 0 Å². The summed E-state index contributed by atoms with van der Waals surface area (Å²) in [5.41, 5.74) is 0.896. The second-order valence-electron chi connectivity index (χ2n) is 3.82. The van der Waals surface area contributed by atoms with E-state index in [1.807, 2.05) is 6.92 Å². The summed E-state index contributed by atoms with van der Waals surface area (Å²) in [6.07, 6.45) is 0.822. The highest BCUT2D eigenvalue weighted by molar-refractivity contribution is 9.10. The number of carboxylic acids is 1. The van der Waals surface area contributed by atoms with Crippen molar-refractivity contribution in [3.05, 3.63) is 28.2 Å². The second kappa shape index (κ2) is 6.61. The Kier molecular flexibility index (Phi) is 5.44. The van der Waals surface area contributed by atoms with Gasteiger partial charge in [0.15, 0.2) is 0 Å². The molecule has 0 aliphatic carbocycles. The van der Waals surface area contributed by atoms with E-state index in [9.17, 15) is 4.79 Å². The summed E-state index contributed by atoms with van der Waals surface area (Å²) in [6, 6.07) is 5.22. The van der Waals surface area contributed by atoms with Crippen molar-refractivity contribution < 1.29 is 14.6 Å². The average Bonchev–Trinajstić information content (AvgIpc) is 2.26. The van der Waals surface area contributed by atoms with E-state index in [0.29, 0.717) is 12.3 Å². The molecule has 94 valence electrons. The second-order valence-corrected chi connectivity index (χ2v) is 4.74. The Morgan fingerprint density at radius 2 is 2.29 bits per heavy atom. The molecule has 0 aliphatic heterocycles. The third-order valence-corrected chi connectivity index (χ3v) is 2.86. The van der Waals surface area contributed by atoms with Gasteiger partial charge in [-0.15, -0.1) is 0 Å². The van der Waals surface area contributed by atoms with E-state index in [2.05, 4.69) is 21.2 Å². The predicted octanol–water partition coefficient (Wildman–Crippen LogP) is 2.98. The minimum atomic E-state index is -0.932. The van der Waals surface area contributed by atoms with E-state index < -0.39 is 5.97 Å². The first kappa shape index (κ1) is 14.0. The number of hydrogen-bond acceptors (Lipinski definition) is 3. The number of halogens is 1. The van der Waals surface area contributed by atoms with Crippen molar-refractivity contribution in [1.29, 1.82) is 0 Å². The van der Waals surface area contributed by atoms with Crippen molar-refractivity contribution in [2.75, 3.05) is 19.0 Å². The summed E-state index contributed by atoms with van der Waals surface area (Å²) in [5.74, 6) is -0.932. The number of aromatic carboxylic acids is 1. The van der Waals surface area contributed by atoms with Gasteiger partial charge in [0.1, 0.15) is 0 Å². The maximum Gasteiger partial charge on any atom is 0.337 e. The van der Waals surface area contributed by atoms with Crippen LogP contribution in [0.15, 0.2) is 22.7 Å². The molecule has 0 spiro atoms. The molecule has 0 bridgehead atoms. The molecule has 1 unspecified atom stereocenters. The molecular formula is C12H16BrNO3. The predicted molar refractivity (Wildman–Crippen MR) is 70.7 cm³/mol. The van der Waals surface area contributed by atoms with E-state index in [1.54, 1.807) is 25.3 Å². The summed E-state index contributed by atoms with van der Waals surface area (Å²) in [4.78, 5) is 11.0. The highest BCUT2D eigenvalue weighted by Gasteiger charge is 2.12. The number of nitrogens with one attached hydrogen (secondary N) is 1. The Labute approximate surface area is 109 Å². The maximum atomic E-state index is 11.0. The number of carbonyl (C=O) groups is 1. The summed E-state index contributed by atoms with van der Waals surface area (Å²) in [7, 11) is 1.65. The van der Waals surface area contributed by atoms with Gasteiger partial charge in [0.2, 0.25) is 0 Å². The molecule has 1 aromatic carbocycles. The summed E-state index contributed by atoms with van der Waals surface area (Å²) in [5, 5.41) is 12.2. The van der Waals surface area contributed by atoms with E-state index in [4.69, 9.17) is 9.84 Å². The lowest BCUT2D eigenvalue weighted by molar-refractivity contribution is 0.0698. The number of methoxy groups -OCH3 is 1. The number of benzene rings is 1. The lowest BCUT2D eigenvalue weighted by Crippen LogP contribution is -2.19. The van der Waals surface area contributed by atoms with Crippen LogP contribution in [-0.4, -0.2) is 30.8 Å². The van der Waals surface area contributed by atoms with Gasteiger partial charge in [-0.3, -0.25) is 0 Å². The number of anilines is 1. The Hall–Kier alpha value is -1.07. The fourth-order valence-electron chi connectivity index (χ4n) is 1.45. The molecule has 0 saturated heterocycles. The van der Waals surface area contributed by atoms with Crippen LogP contribution in [0.25, 0.3) is 0 Å². The first-order chi connectivity index (χ1) is 8.04. The third-order valence-electron chi connectivity index (χ3n) is 2.37. The van der Waals surface area contributed by atoms with Crippen LogP contribution in [0.1, 0.15) is 23.7 Å². The Bertz CT molecular complexity index is 395. The monoisotopic (exact) mass is 301 g/mol. The van der Waals surface area contributed by atoms with Gasteiger partial charge < -0.3 is 15.2 Å². The van der Waals surface area contributed by atoms with E-state index in [-0.39, 0.29) is 11.6 Å². The SMILES string of the molecule is COCCC(C)Nc1cc(Br)ccc1C(=O)O. The Morgan fingerprint density at radius 1 is 1.59 bits per heavy atom. The molecule has 0 heterocycles. The summed E-state index contributed by atoms with van der Waals surface area (Å²) >= 11 is 3.33. The summed E-state index contributed by atoms with van der Waals surface area (Å²) in [6.45, 7) is 2.64. The average molecular weight is 302 g/mol. The fraction of sp³-hybridized carbons (Fsp3) is 0.417. The molecule has 1 atom stereocenters. The molecule has 0 amide bonds. The van der Waals surface area contributed by atoms with Crippen LogP contribution in [0.5, 0.6) is 0 Å². The van der Waals surface area contributed by atoms with Crippen molar-refractivity contribution in [2.45, 2.75) is 19.4 Å². The molecule has 17 heavy (non-hydrogen) atoms. The molecule has 0 aliphatic rings. The van der Waals surface area contributed by atoms with Crippen LogP contribution in [0.2, 0.25) is 0 Å². The normalized spacial score (nSPS) is 12.2. The van der Waals surface area contributed by atoms with Gasteiger partial charge in [0.25, 0.3) is 0 Å². The highest BCUT2D eigenvalue weighted by Crippen LogP contribution is 2.22. The molecule has 4 nitrogen and oxygen atoms in total. The van der Waals surface area contributed by atoms with Crippen LogP contribution >= 0.6 is 15.9 Å². The Morgan fingerprint density at radius 3 is 2.88 bits per heavy atom. The number of carboxylic acid groups (broad SMARTS) is 1. The number of hydrogen-bond donors (Lipinski definition) is 2. The molecule has 0 radical (unpaired) electrons. The molecule has 0 fully saturated rings. The zero-order valence-electron chi connectivity index (χ0n) is 9.87. The smallest absolute Gasteiger partial charge is 0.337 e. The third kappa shape index (κ3) is 4.36. The molecule has 2 N–H and O–H groups in total. The van der Waals surface area contributed by atoms with E-state index >= 15 is 0 Å². The van der Waals surface area contributed by atoms with Gasteiger partial charge in [0.05, 0.1) is 11.3 Å². The van der Waals surface area contributed by atoms with Gasteiger partial charge in [-0.2, -0.15) is 0 Å². The first-order valence-corrected chi connectivity index (χ1v) is 6.12. The molecule has 0 aromatic heterocycles. The van der Waals surface area contributed by atoms with Crippen molar-refractivity contribution >= 4 is 27.6 Å². The van der Waals surface area contributed by atoms with Crippen LogP contribution in [-0.2, 0) is 4.74 Å². The van der Waals surface area contributed by atoms with Crippen molar-refractivity contribution in [1.82, 2.24) is 0 Å². The number of rotatable bonds is 6. The lowest BCUT2D eigenvalue weighted by atomic mass is 10.1. The fourth-order valence-corrected chi connectivity index (χ4v) is 1.82. The quantitative estimate of drug-likeness (QED) is 0.848. The van der Waals surface area contributed by atoms with E-state index in [1.165, 1.54) is 0 Å². The van der Waals surface area contributed by atoms with E-state index in [0.717, 1.165) is 10.9 Å².